The van der Waals surface area contributed by atoms with Crippen molar-refractivity contribution in [2.45, 2.75) is 25.8 Å². The molecule has 0 unspecified atom stereocenters. The van der Waals surface area contributed by atoms with Crippen LogP contribution in [0.1, 0.15) is 18.9 Å². The van der Waals surface area contributed by atoms with Crippen LogP contribution in [0, 0.1) is 0 Å². The van der Waals surface area contributed by atoms with Crippen molar-refractivity contribution in [2.24, 2.45) is 0 Å². The highest BCUT2D eigenvalue weighted by Crippen LogP contribution is 2.17. The van der Waals surface area contributed by atoms with Gasteiger partial charge >= 0.3 is 0 Å². The predicted octanol–water partition coefficient (Wildman–Crippen LogP) is 1.15. The molecule has 2 N–H and O–H groups in total. The molecule has 0 aromatic heterocycles. The summed E-state index contributed by atoms with van der Waals surface area (Å²) >= 11 is 0. The summed E-state index contributed by atoms with van der Waals surface area (Å²) in [6, 6.07) is 7.56. The molecule has 0 bridgehead atoms. The number of para-hydroxylation sites is 1. The highest BCUT2D eigenvalue weighted by atomic mass is 16.3. The van der Waals surface area contributed by atoms with Crippen molar-refractivity contribution in [2.75, 3.05) is 19.6 Å². The SMILES string of the molecule is C[C@@H]1CN(C(=O)CCc2ccccc2O)CCN1. The number of carbonyl (C=O) groups excluding carboxylic acids is 1. The van der Waals surface area contributed by atoms with E-state index < -0.39 is 0 Å². The Labute approximate surface area is 108 Å². The average molecular weight is 248 g/mol. The van der Waals surface area contributed by atoms with E-state index in [9.17, 15) is 9.90 Å². The van der Waals surface area contributed by atoms with Gasteiger partial charge in [-0.15, -0.1) is 0 Å². The Balaban J connectivity index is 1.86. The molecule has 0 saturated carbocycles. The minimum absolute atomic E-state index is 0.173. The number of carbonyl (C=O) groups is 1. The van der Waals surface area contributed by atoms with E-state index in [1.54, 1.807) is 12.1 Å². The van der Waals surface area contributed by atoms with Crippen molar-refractivity contribution in [1.82, 2.24) is 10.2 Å². The van der Waals surface area contributed by atoms with E-state index in [0.717, 1.165) is 25.2 Å². The maximum absolute atomic E-state index is 12.0. The van der Waals surface area contributed by atoms with Gasteiger partial charge < -0.3 is 15.3 Å². The Bertz CT molecular complexity index is 420. The number of rotatable bonds is 3. The Kier molecular flexibility index (Phi) is 4.20. The molecule has 1 aromatic rings. The fourth-order valence-corrected chi connectivity index (χ4v) is 2.28. The lowest BCUT2D eigenvalue weighted by Gasteiger charge is -2.32. The van der Waals surface area contributed by atoms with Gasteiger partial charge in [-0.1, -0.05) is 18.2 Å². The van der Waals surface area contributed by atoms with Crippen LogP contribution in [0.4, 0.5) is 0 Å². The lowest BCUT2D eigenvalue weighted by atomic mass is 10.1. The van der Waals surface area contributed by atoms with Gasteiger partial charge in [0.05, 0.1) is 0 Å². The van der Waals surface area contributed by atoms with Crippen molar-refractivity contribution in [3.05, 3.63) is 29.8 Å². The van der Waals surface area contributed by atoms with Gasteiger partial charge in [-0.3, -0.25) is 4.79 Å². The summed E-state index contributed by atoms with van der Waals surface area (Å²) in [5, 5.41) is 13.0. The number of hydrogen-bond acceptors (Lipinski definition) is 3. The molecule has 1 aliphatic rings. The molecule has 1 fully saturated rings. The normalized spacial score (nSPS) is 19.8. The van der Waals surface area contributed by atoms with Gasteiger partial charge in [0.1, 0.15) is 5.75 Å². The molecule has 2 rings (SSSR count). The summed E-state index contributed by atoms with van der Waals surface area (Å²) in [7, 11) is 0. The number of nitrogens with zero attached hydrogens (tertiary/aromatic N) is 1. The lowest BCUT2D eigenvalue weighted by Crippen LogP contribution is -2.51. The quantitative estimate of drug-likeness (QED) is 0.843. The molecule has 18 heavy (non-hydrogen) atoms. The number of phenolic OH excluding ortho intramolecular Hbond substituents is 1. The molecule has 4 heteroatoms. The monoisotopic (exact) mass is 248 g/mol. The molecule has 4 nitrogen and oxygen atoms in total. The van der Waals surface area contributed by atoms with Gasteiger partial charge in [0.25, 0.3) is 0 Å². The third kappa shape index (κ3) is 3.23. The van der Waals surface area contributed by atoms with E-state index >= 15 is 0 Å². The zero-order valence-electron chi connectivity index (χ0n) is 10.7. The highest BCUT2D eigenvalue weighted by Gasteiger charge is 2.20. The van der Waals surface area contributed by atoms with Crippen molar-refractivity contribution in [3.8, 4) is 5.75 Å². The van der Waals surface area contributed by atoms with Gasteiger partial charge in [0.2, 0.25) is 5.91 Å². The third-order valence-electron chi connectivity index (χ3n) is 3.32. The predicted molar refractivity (Wildman–Crippen MR) is 70.5 cm³/mol. The van der Waals surface area contributed by atoms with Crippen LogP contribution in [0.2, 0.25) is 0 Å². The fraction of sp³-hybridized carbons (Fsp3) is 0.500. The van der Waals surface area contributed by atoms with E-state index in [0.29, 0.717) is 18.9 Å². The first-order valence-corrected chi connectivity index (χ1v) is 6.45. The van der Waals surface area contributed by atoms with Crippen molar-refractivity contribution in [3.63, 3.8) is 0 Å². The number of nitrogens with one attached hydrogen (secondary N) is 1. The minimum atomic E-state index is 0.173. The van der Waals surface area contributed by atoms with E-state index in [1.807, 2.05) is 17.0 Å². The van der Waals surface area contributed by atoms with Crippen molar-refractivity contribution >= 4 is 5.91 Å². The number of piperazine rings is 1. The minimum Gasteiger partial charge on any atom is -0.508 e. The average Bonchev–Trinajstić information content (AvgIpc) is 2.37. The Morgan fingerprint density at radius 2 is 2.28 bits per heavy atom. The van der Waals surface area contributed by atoms with Gasteiger partial charge in [-0.25, -0.2) is 0 Å². The molecule has 1 heterocycles. The largest absolute Gasteiger partial charge is 0.508 e. The summed E-state index contributed by atoms with van der Waals surface area (Å²) in [6.07, 6.45) is 1.06. The van der Waals surface area contributed by atoms with Crippen LogP contribution in [-0.2, 0) is 11.2 Å². The van der Waals surface area contributed by atoms with Crippen LogP contribution in [-0.4, -0.2) is 41.6 Å². The molecule has 1 amide bonds. The van der Waals surface area contributed by atoms with E-state index in [-0.39, 0.29) is 11.7 Å². The van der Waals surface area contributed by atoms with Crippen molar-refractivity contribution < 1.29 is 9.90 Å². The molecule has 1 saturated heterocycles. The zero-order valence-corrected chi connectivity index (χ0v) is 10.7. The molecular weight excluding hydrogens is 228 g/mol. The summed E-state index contributed by atoms with van der Waals surface area (Å²) in [5.41, 5.74) is 0.842. The van der Waals surface area contributed by atoms with E-state index in [2.05, 4.69) is 12.2 Å². The highest BCUT2D eigenvalue weighted by molar-refractivity contribution is 5.76. The van der Waals surface area contributed by atoms with Crippen molar-refractivity contribution in [1.29, 1.82) is 0 Å². The summed E-state index contributed by atoms with van der Waals surface area (Å²) in [6.45, 7) is 4.51. The molecule has 1 atom stereocenters. The van der Waals surface area contributed by atoms with Gasteiger partial charge in [0.15, 0.2) is 0 Å². The second-order valence-electron chi connectivity index (χ2n) is 4.82. The van der Waals surface area contributed by atoms with Crippen LogP contribution in [0.15, 0.2) is 24.3 Å². The fourth-order valence-electron chi connectivity index (χ4n) is 2.28. The number of amides is 1. The lowest BCUT2D eigenvalue weighted by molar-refractivity contribution is -0.132. The third-order valence-corrected chi connectivity index (χ3v) is 3.32. The number of hydrogen-bond donors (Lipinski definition) is 2. The van der Waals surface area contributed by atoms with Gasteiger partial charge in [-0.05, 0) is 25.0 Å². The Hall–Kier alpha value is -1.55. The second-order valence-corrected chi connectivity index (χ2v) is 4.82. The molecule has 1 aromatic carbocycles. The Morgan fingerprint density at radius 1 is 1.50 bits per heavy atom. The van der Waals surface area contributed by atoms with Crippen LogP contribution >= 0.6 is 0 Å². The summed E-state index contributed by atoms with van der Waals surface area (Å²) in [5.74, 6) is 0.450. The summed E-state index contributed by atoms with van der Waals surface area (Å²) < 4.78 is 0. The van der Waals surface area contributed by atoms with Crippen LogP contribution < -0.4 is 5.32 Å². The first-order valence-electron chi connectivity index (χ1n) is 6.45. The molecular formula is C14H20N2O2. The maximum atomic E-state index is 12.0. The zero-order chi connectivity index (χ0) is 13.0. The second kappa shape index (κ2) is 5.87. The van der Waals surface area contributed by atoms with Crippen LogP contribution in [0.3, 0.4) is 0 Å². The number of aromatic hydroxyl groups is 1. The van der Waals surface area contributed by atoms with E-state index in [4.69, 9.17) is 0 Å². The molecule has 1 aliphatic heterocycles. The molecule has 0 spiro atoms. The smallest absolute Gasteiger partial charge is 0.223 e. The Morgan fingerprint density at radius 3 is 3.00 bits per heavy atom. The van der Waals surface area contributed by atoms with Gasteiger partial charge in [-0.2, -0.15) is 0 Å². The van der Waals surface area contributed by atoms with Crippen LogP contribution in [0.25, 0.3) is 0 Å². The van der Waals surface area contributed by atoms with Gasteiger partial charge in [0, 0.05) is 32.1 Å². The topological polar surface area (TPSA) is 52.6 Å². The maximum Gasteiger partial charge on any atom is 0.223 e. The molecule has 0 radical (unpaired) electrons. The standard InChI is InChI=1S/C14H20N2O2/c1-11-10-16(9-8-15-11)14(18)7-6-12-4-2-3-5-13(12)17/h2-5,11,15,17H,6-10H2,1H3/t11-/m1/s1. The molecule has 98 valence electrons. The van der Waals surface area contributed by atoms with E-state index in [1.165, 1.54) is 0 Å². The summed E-state index contributed by atoms with van der Waals surface area (Å²) in [4.78, 5) is 13.9. The number of phenols is 1. The first kappa shape index (κ1) is 12.9. The first-order chi connectivity index (χ1) is 8.66. The number of benzene rings is 1. The van der Waals surface area contributed by atoms with Crippen LogP contribution in [0.5, 0.6) is 5.75 Å². The number of aryl methyl sites for hydroxylation is 1. The molecule has 0 aliphatic carbocycles.